The normalized spacial score (nSPS) is 34.2. The summed E-state index contributed by atoms with van der Waals surface area (Å²) >= 11 is 0. The van der Waals surface area contributed by atoms with Gasteiger partial charge in [0.1, 0.15) is 0 Å². The zero-order valence-electron chi connectivity index (χ0n) is 12.6. The molecule has 2 aliphatic rings. The van der Waals surface area contributed by atoms with Gasteiger partial charge in [-0.25, -0.2) is 4.79 Å². The van der Waals surface area contributed by atoms with E-state index in [4.69, 9.17) is 14.2 Å². The molecule has 0 aromatic heterocycles. The average molecular weight is 271 g/mol. The summed E-state index contributed by atoms with van der Waals surface area (Å²) < 4.78 is 16.4. The zero-order chi connectivity index (χ0) is 14.3. The van der Waals surface area contributed by atoms with Crippen LogP contribution in [0.3, 0.4) is 0 Å². The highest BCUT2D eigenvalue weighted by atomic mass is 16.6. The largest absolute Gasteiger partial charge is 0.467 e. The SMILES string of the molecule is COC(=O)C1CN(C2CC(C)(C)OC2(C)C)CCO1. The van der Waals surface area contributed by atoms with Gasteiger partial charge in [-0.1, -0.05) is 0 Å². The highest BCUT2D eigenvalue weighted by Gasteiger charge is 2.49. The van der Waals surface area contributed by atoms with Gasteiger partial charge in [0.25, 0.3) is 0 Å². The standard InChI is InChI=1S/C14H25NO4/c1-13(2)8-11(14(3,4)19-13)15-6-7-18-10(9-15)12(16)17-5/h10-11H,6-9H2,1-5H3. The maximum atomic E-state index is 11.6. The Hall–Kier alpha value is -0.650. The minimum atomic E-state index is -0.474. The highest BCUT2D eigenvalue weighted by Crippen LogP contribution is 2.40. The Balaban J connectivity index is 2.07. The molecular weight excluding hydrogens is 246 g/mol. The van der Waals surface area contributed by atoms with Crippen LogP contribution in [0.25, 0.3) is 0 Å². The molecule has 2 atom stereocenters. The van der Waals surface area contributed by atoms with Gasteiger partial charge in [-0.2, -0.15) is 0 Å². The van der Waals surface area contributed by atoms with Crippen LogP contribution in [-0.2, 0) is 19.0 Å². The molecule has 2 rings (SSSR count). The van der Waals surface area contributed by atoms with Gasteiger partial charge in [0, 0.05) is 19.1 Å². The molecule has 0 spiro atoms. The molecular formula is C14H25NO4. The van der Waals surface area contributed by atoms with Crippen LogP contribution >= 0.6 is 0 Å². The summed E-state index contributed by atoms with van der Waals surface area (Å²) in [4.78, 5) is 13.9. The molecule has 0 aromatic rings. The van der Waals surface area contributed by atoms with Crippen LogP contribution in [0.1, 0.15) is 34.1 Å². The summed E-state index contributed by atoms with van der Waals surface area (Å²) in [6.07, 6.45) is 0.492. The number of hydrogen-bond donors (Lipinski definition) is 0. The van der Waals surface area contributed by atoms with Gasteiger partial charge < -0.3 is 14.2 Å². The summed E-state index contributed by atoms with van der Waals surface area (Å²) in [5.41, 5.74) is -0.325. The Morgan fingerprint density at radius 1 is 1.32 bits per heavy atom. The molecule has 5 nitrogen and oxygen atoms in total. The summed E-state index contributed by atoms with van der Waals surface area (Å²) in [5, 5.41) is 0. The molecule has 0 saturated carbocycles. The van der Waals surface area contributed by atoms with Crippen LogP contribution in [0.5, 0.6) is 0 Å². The quantitative estimate of drug-likeness (QED) is 0.706. The maximum Gasteiger partial charge on any atom is 0.336 e. The molecule has 2 fully saturated rings. The van der Waals surface area contributed by atoms with Crippen molar-refractivity contribution in [2.45, 2.75) is 57.5 Å². The Morgan fingerprint density at radius 2 is 2.00 bits per heavy atom. The summed E-state index contributed by atoms with van der Waals surface area (Å²) in [6, 6.07) is 0.304. The Bertz CT molecular complexity index is 353. The molecule has 2 saturated heterocycles. The van der Waals surface area contributed by atoms with E-state index in [1.807, 2.05) is 0 Å². The van der Waals surface area contributed by atoms with Crippen LogP contribution in [0, 0.1) is 0 Å². The Morgan fingerprint density at radius 3 is 2.53 bits per heavy atom. The number of nitrogens with zero attached hydrogens (tertiary/aromatic N) is 1. The molecule has 2 unspecified atom stereocenters. The molecule has 2 heterocycles. The predicted molar refractivity (Wildman–Crippen MR) is 71.0 cm³/mol. The Labute approximate surface area is 115 Å². The van der Waals surface area contributed by atoms with E-state index in [0.29, 0.717) is 19.2 Å². The third-order valence-electron chi connectivity index (χ3n) is 4.03. The first-order valence-corrected chi connectivity index (χ1v) is 6.89. The number of methoxy groups -OCH3 is 1. The topological polar surface area (TPSA) is 48.0 Å². The number of rotatable bonds is 2. The fraction of sp³-hybridized carbons (Fsp3) is 0.929. The van der Waals surface area contributed by atoms with Crippen molar-refractivity contribution in [2.24, 2.45) is 0 Å². The van der Waals surface area contributed by atoms with Crippen molar-refractivity contribution in [2.75, 3.05) is 26.8 Å². The van der Waals surface area contributed by atoms with E-state index in [0.717, 1.165) is 13.0 Å². The van der Waals surface area contributed by atoms with Gasteiger partial charge in [-0.3, -0.25) is 4.90 Å². The first-order valence-electron chi connectivity index (χ1n) is 6.89. The Kier molecular flexibility index (Phi) is 3.91. The fourth-order valence-corrected chi connectivity index (χ4v) is 3.33. The average Bonchev–Trinajstić information content (AvgIpc) is 2.56. The van der Waals surface area contributed by atoms with Gasteiger partial charge in [0.05, 0.1) is 24.9 Å². The van der Waals surface area contributed by atoms with Gasteiger partial charge in [0.2, 0.25) is 0 Å². The number of hydrogen-bond acceptors (Lipinski definition) is 5. The molecule has 0 bridgehead atoms. The van der Waals surface area contributed by atoms with Crippen molar-refractivity contribution in [3.05, 3.63) is 0 Å². The first-order chi connectivity index (χ1) is 8.75. The molecule has 0 radical (unpaired) electrons. The summed E-state index contributed by atoms with van der Waals surface area (Å²) in [7, 11) is 1.40. The van der Waals surface area contributed by atoms with Crippen molar-refractivity contribution in [1.29, 1.82) is 0 Å². The third kappa shape index (κ3) is 3.09. The number of ether oxygens (including phenoxy) is 3. The van der Waals surface area contributed by atoms with Crippen molar-refractivity contribution in [3.63, 3.8) is 0 Å². The second kappa shape index (κ2) is 5.04. The highest BCUT2D eigenvalue weighted by molar-refractivity contribution is 5.74. The number of carbonyl (C=O) groups is 1. The van der Waals surface area contributed by atoms with Crippen LogP contribution in [0.4, 0.5) is 0 Å². The van der Waals surface area contributed by atoms with Crippen molar-refractivity contribution < 1.29 is 19.0 Å². The predicted octanol–water partition coefficient (Wildman–Crippen LogP) is 1.21. The lowest BCUT2D eigenvalue weighted by Crippen LogP contribution is -2.55. The van der Waals surface area contributed by atoms with Gasteiger partial charge >= 0.3 is 5.97 Å². The summed E-state index contributed by atoms with van der Waals surface area (Å²) in [5.74, 6) is -0.291. The van der Waals surface area contributed by atoms with Crippen molar-refractivity contribution >= 4 is 5.97 Å². The van der Waals surface area contributed by atoms with Gasteiger partial charge in [-0.15, -0.1) is 0 Å². The van der Waals surface area contributed by atoms with Crippen LogP contribution < -0.4 is 0 Å². The molecule has 0 amide bonds. The van der Waals surface area contributed by atoms with E-state index >= 15 is 0 Å². The lowest BCUT2D eigenvalue weighted by atomic mass is 9.92. The lowest BCUT2D eigenvalue weighted by Gasteiger charge is -2.40. The fourth-order valence-electron chi connectivity index (χ4n) is 3.33. The van der Waals surface area contributed by atoms with Crippen molar-refractivity contribution in [3.8, 4) is 0 Å². The number of esters is 1. The molecule has 2 aliphatic heterocycles. The monoisotopic (exact) mass is 271 g/mol. The number of morpholine rings is 1. The molecule has 19 heavy (non-hydrogen) atoms. The smallest absolute Gasteiger partial charge is 0.336 e. The van der Waals surface area contributed by atoms with Crippen LogP contribution in [-0.4, -0.2) is 61.0 Å². The minimum absolute atomic E-state index is 0.118. The molecule has 0 N–H and O–H groups in total. The van der Waals surface area contributed by atoms with Crippen LogP contribution in [0.15, 0.2) is 0 Å². The molecule has 5 heteroatoms. The maximum absolute atomic E-state index is 11.6. The van der Waals surface area contributed by atoms with E-state index in [1.165, 1.54) is 7.11 Å². The first kappa shape index (κ1) is 14.8. The second-order valence-corrected chi connectivity index (χ2v) is 6.56. The summed E-state index contributed by atoms with van der Waals surface area (Å²) in [6.45, 7) is 10.5. The van der Waals surface area contributed by atoms with E-state index < -0.39 is 6.10 Å². The molecule has 110 valence electrons. The van der Waals surface area contributed by atoms with E-state index in [9.17, 15) is 4.79 Å². The molecule has 0 aromatic carbocycles. The van der Waals surface area contributed by atoms with Crippen LogP contribution in [0.2, 0.25) is 0 Å². The molecule has 0 aliphatic carbocycles. The number of carbonyl (C=O) groups excluding carboxylic acids is 1. The van der Waals surface area contributed by atoms with Gasteiger partial charge in [-0.05, 0) is 34.1 Å². The lowest BCUT2D eigenvalue weighted by molar-refractivity contribution is -0.163. The second-order valence-electron chi connectivity index (χ2n) is 6.56. The van der Waals surface area contributed by atoms with E-state index in [-0.39, 0.29) is 17.2 Å². The van der Waals surface area contributed by atoms with E-state index in [2.05, 4.69) is 32.6 Å². The van der Waals surface area contributed by atoms with Gasteiger partial charge in [0.15, 0.2) is 6.10 Å². The van der Waals surface area contributed by atoms with Crippen molar-refractivity contribution in [1.82, 2.24) is 4.90 Å². The minimum Gasteiger partial charge on any atom is -0.467 e. The zero-order valence-corrected chi connectivity index (χ0v) is 12.6. The van der Waals surface area contributed by atoms with E-state index in [1.54, 1.807) is 0 Å². The third-order valence-corrected chi connectivity index (χ3v) is 4.03.